The summed E-state index contributed by atoms with van der Waals surface area (Å²) in [5, 5.41) is 12.4. The van der Waals surface area contributed by atoms with Gasteiger partial charge in [-0.25, -0.2) is 0 Å². The third-order valence-electron chi connectivity index (χ3n) is 5.00. The number of nitrogens with one attached hydrogen (secondary N) is 1. The largest absolute Gasteiger partial charge is 0.497 e. The molecule has 0 unspecified atom stereocenters. The molecule has 0 aliphatic heterocycles. The maximum absolute atomic E-state index is 12.2. The molecule has 0 aromatic heterocycles. The second-order valence-corrected chi connectivity index (χ2v) is 6.60. The molecule has 25 heavy (non-hydrogen) atoms. The summed E-state index contributed by atoms with van der Waals surface area (Å²) < 4.78 is 10.5. The Hall–Kier alpha value is -2.24. The van der Waals surface area contributed by atoms with E-state index < -0.39 is 11.4 Å². The predicted molar refractivity (Wildman–Crippen MR) is 94.0 cm³/mol. The van der Waals surface area contributed by atoms with Gasteiger partial charge in [-0.2, -0.15) is 0 Å². The molecular weight excluding hydrogens is 322 g/mol. The second-order valence-electron chi connectivity index (χ2n) is 6.60. The normalized spacial score (nSPS) is 16.1. The lowest BCUT2D eigenvalue weighted by molar-refractivity contribution is -0.151. The van der Waals surface area contributed by atoms with Crippen LogP contribution in [0.1, 0.15) is 44.1 Å². The molecule has 1 saturated carbocycles. The number of carbonyl (C=O) groups is 2. The van der Waals surface area contributed by atoms with Crippen LogP contribution in [-0.2, 0) is 16.0 Å². The second kappa shape index (κ2) is 8.74. The lowest BCUT2D eigenvalue weighted by Crippen LogP contribution is -2.44. The van der Waals surface area contributed by atoms with Gasteiger partial charge in [0.2, 0.25) is 5.91 Å². The molecule has 0 saturated heterocycles. The molecule has 0 radical (unpaired) electrons. The van der Waals surface area contributed by atoms with E-state index in [1.54, 1.807) is 14.2 Å². The summed E-state index contributed by atoms with van der Waals surface area (Å²) >= 11 is 0. The standard InChI is InChI=1S/C19H27NO5/c1-24-15-7-8-16(25-2)14(12-15)6-9-17(21)20-13-19(18(22)23)10-4-3-5-11-19/h7-8,12H,3-6,9-11,13H2,1-2H3,(H,20,21)(H,22,23). The monoisotopic (exact) mass is 349 g/mol. The van der Waals surface area contributed by atoms with E-state index in [-0.39, 0.29) is 18.9 Å². The quantitative estimate of drug-likeness (QED) is 0.754. The topological polar surface area (TPSA) is 84.9 Å². The summed E-state index contributed by atoms with van der Waals surface area (Å²) in [5.74, 6) is 0.476. The van der Waals surface area contributed by atoms with Crippen LogP contribution in [0.4, 0.5) is 0 Å². The number of carbonyl (C=O) groups excluding carboxylic acids is 1. The van der Waals surface area contributed by atoms with Crippen molar-refractivity contribution in [3.05, 3.63) is 23.8 Å². The Morgan fingerprint density at radius 3 is 2.48 bits per heavy atom. The number of ether oxygens (including phenoxy) is 2. The van der Waals surface area contributed by atoms with Crippen molar-refractivity contribution in [2.24, 2.45) is 5.41 Å². The molecule has 1 aromatic carbocycles. The van der Waals surface area contributed by atoms with Gasteiger partial charge in [-0.1, -0.05) is 19.3 Å². The highest BCUT2D eigenvalue weighted by atomic mass is 16.5. The zero-order valence-corrected chi connectivity index (χ0v) is 15.0. The summed E-state index contributed by atoms with van der Waals surface area (Å²) in [6.45, 7) is 0.205. The van der Waals surface area contributed by atoms with Crippen LogP contribution in [0.2, 0.25) is 0 Å². The first-order valence-corrected chi connectivity index (χ1v) is 8.72. The van der Waals surface area contributed by atoms with E-state index in [4.69, 9.17) is 9.47 Å². The van der Waals surface area contributed by atoms with Crippen LogP contribution in [0.15, 0.2) is 18.2 Å². The Labute approximate surface area is 148 Å². The molecule has 0 spiro atoms. The maximum atomic E-state index is 12.2. The Balaban J connectivity index is 1.91. The summed E-state index contributed by atoms with van der Waals surface area (Å²) in [7, 11) is 3.18. The van der Waals surface area contributed by atoms with Crippen molar-refractivity contribution in [3.63, 3.8) is 0 Å². The molecule has 6 heteroatoms. The van der Waals surface area contributed by atoms with E-state index in [2.05, 4.69) is 5.32 Å². The van der Waals surface area contributed by atoms with Gasteiger partial charge in [0.05, 0.1) is 19.6 Å². The van der Waals surface area contributed by atoms with Crippen molar-refractivity contribution < 1.29 is 24.2 Å². The summed E-state index contributed by atoms with van der Waals surface area (Å²) in [6, 6.07) is 5.47. The molecular formula is C19H27NO5. The number of benzene rings is 1. The van der Waals surface area contributed by atoms with Crippen LogP contribution in [0.3, 0.4) is 0 Å². The number of aliphatic carboxylic acids is 1. The molecule has 1 amide bonds. The number of amides is 1. The van der Waals surface area contributed by atoms with Gasteiger partial charge in [-0.05, 0) is 43.0 Å². The van der Waals surface area contributed by atoms with Gasteiger partial charge in [0, 0.05) is 13.0 Å². The summed E-state index contributed by atoms with van der Waals surface area (Å²) in [6.07, 6.45) is 4.93. The van der Waals surface area contributed by atoms with Crippen molar-refractivity contribution in [2.45, 2.75) is 44.9 Å². The van der Waals surface area contributed by atoms with Gasteiger partial charge >= 0.3 is 5.97 Å². The average molecular weight is 349 g/mol. The zero-order chi connectivity index (χ0) is 18.3. The minimum absolute atomic E-state index is 0.143. The Morgan fingerprint density at radius 1 is 1.16 bits per heavy atom. The zero-order valence-electron chi connectivity index (χ0n) is 15.0. The first-order chi connectivity index (χ1) is 12.0. The van der Waals surface area contributed by atoms with E-state index in [1.807, 2.05) is 18.2 Å². The Morgan fingerprint density at radius 2 is 1.88 bits per heavy atom. The van der Waals surface area contributed by atoms with Crippen LogP contribution in [-0.4, -0.2) is 37.7 Å². The Bertz CT molecular complexity index is 608. The van der Waals surface area contributed by atoms with Crippen LogP contribution in [0.5, 0.6) is 11.5 Å². The van der Waals surface area contributed by atoms with Crippen LogP contribution in [0, 0.1) is 5.41 Å². The minimum Gasteiger partial charge on any atom is -0.497 e. The fraction of sp³-hybridized carbons (Fsp3) is 0.579. The van der Waals surface area contributed by atoms with Crippen molar-refractivity contribution in [1.29, 1.82) is 0 Å². The van der Waals surface area contributed by atoms with Crippen molar-refractivity contribution in [3.8, 4) is 11.5 Å². The summed E-state index contributed by atoms with van der Waals surface area (Å²) in [5.41, 5.74) is 0.0873. The molecule has 0 bridgehead atoms. The van der Waals surface area contributed by atoms with Crippen molar-refractivity contribution in [2.75, 3.05) is 20.8 Å². The highest BCUT2D eigenvalue weighted by molar-refractivity contribution is 5.79. The molecule has 6 nitrogen and oxygen atoms in total. The molecule has 1 aliphatic carbocycles. The fourth-order valence-electron chi connectivity index (χ4n) is 3.38. The van der Waals surface area contributed by atoms with Crippen molar-refractivity contribution >= 4 is 11.9 Å². The molecule has 0 atom stereocenters. The van der Waals surface area contributed by atoms with Gasteiger partial charge in [-0.15, -0.1) is 0 Å². The lowest BCUT2D eigenvalue weighted by atomic mass is 9.74. The number of rotatable bonds is 8. The highest BCUT2D eigenvalue weighted by Gasteiger charge is 2.39. The molecule has 1 fully saturated rings. The minimum atomic E-state index is -0.804. The SMILES string of the molecule is COc1ccc(OC)c(CCC(=O)NCC2(C(=O)O)CCCCC2)c1. The first-order valence-electron chi connectivity index (χ1n) is 8.72. The van der Waals surface area contributed by atoms with Gasteiger partial charge in [-0.3, -0.25) is 9.59 Å². The number of aryl methyl sites for hydroxylation is 1. The summed E-state index contributed by atoms with van der Waals surface area (Å²) in [4.78, 5) is 23.8. The maximum Gasteiger partial charge on any atom is 0.311 e. The van der Waals surface area contributed by atoms with E-state index in [1.165, 1.54) is 0 Å². The molecule has 0 heterocycles. The highest BCUT2D eigenvalue weighted by Crippen LogP contribution is 2.36. The van der Waals surface area contributed by atoms with Crippen LogP contribution in [0.25, 0.3) is 0 Å². The van der Waals surface area contributed by atoms with Gasteiger partial charge < -0.3 is 19.9 Å². The fourth-order valence-corrected chi connectivity index (χ4v) is 3.38. The number of hydrogen-bond donors (Lipinski definition) is 2. The molecule has 1 aromatic rings. The molecule has 2 N–H and O–H groups in total. The number of hydrogen-bond acceptors (Lipinski definition) is 4. The number of carboxylic acids is 1. The van der Waals surface area contributed by atoms with E-state index in [0.717, 1.165) is 24.8 Å². The lowest BCUT2D eigenvalue weighted by Gasteiger charge is -2.33. The van der Waals surface area contributed by atoms with Gasteiger partial charge in [0.25, 0.3) is 0 Å². The molecule has 2 rings (SSSR count). The third kappa shape index (κ3) is 4.87. The van der Waals surface area contributed by atoms with Gasteiger partial charge in [0.1, 0.15) is 11.5 Å². The predicted octanol–water partition coefficient (Wildman–Crippen LogP) is 2.79. The number of carboxylic acid groups (broad SMARTS) is 1. The van der Waals surface area contributed by atoms with E-state index in [0.29, 0.717) is 30.8 Å². The first kappa shape index (κ1) is 19.1. The molecule has 138 valence electrons. The van der Waals surface area contributed by atoms with E-state index >= 15 is 0 Å². The van der Waals surface area contributed by atoms with Crippen LogP contribution >= 0.6 is 0 Å². The third-order valence-corrected chi connectivity index (χ3v) is 5.00. The average Bonchev–Trinajstić information content (AvgIpc) is 2.65. The van der Waals surface area contributed by atoms with E-state index in [9.17, 15) is 14.7 Å². The van der Waals surface area contributed by atoms with Crippen LogP contribution < -0.4 is 14.8 Å². The number of methoxy groups -OCH3 is 2. The Kier molecular flexibility index (Phi) is 6.67. The van der Waals surface area contributed by atoms with Crippen molar-refractivity contribution in [1.82, 2.24) is 5.32 Å². The van der Waals surface area contributed by atoms with Gasteiger partial charge in [0.15, 0.2) is 0 Å². The molecule has 1 aliphatic rings. The smallest absolute Gasteiger partial charge is 0.311 e.